The van der Waals surface area contributed by atoms with Gasteiger partial charge in [0.25, 0.3) is 0 Å². The normalized spacial score (nSPS) is 11.6. The zero-order valence-corrected chi connectivity index (χ0v) is 9.55. The lowest BCUT2D eigenvalue weighted by Crippen LogP contribution is -2.04. The van der Waals surface area contributed by atoms with Crippen molar-refractivity contribution in [3.8, 4) is 11.1 Å². The maximum Gasteiger partial charge on any atom is 0.416 e. The molecule has 0 saturated heterocycles. The van der Waals surface area contributed by atoms with Crippen LogP contribution in [0.1, 0.15) is 11.1 Å². The monoisotopic (exact) mass is 254 g/mol. The highest BCUT2D eigenvalue weighted by Gasteiger charge is 2.30. The van der Waals surface area contributed by atoms with Gasteiger partial charge in [-0.3, -0.25) is 0 Å². The summed E-state index contributed by atoms with van der Waals surface area (Å²) >= 11 is 0. The number of hydrogen-bond acceptors (Lipinski definition) is 0. The van der Waals surface area contributed by atoms with Crippen LogP contribution in [0.2, 0.25) is 0 Å². The van der Waals surface area contributed by atoms with Gasteiger partial charge < -0.3 is 0 Å². The van der Waals surface area contributed by atoms with Crippen LogP contribution in [-0.4, -0.2) is 0 Å². The molecule has 0 amide bonds. The Morgan fingerprint density at radius 3 is 2.17 bits per heavy atom. The predicted octanol–water partition coefficient (Wildman–Crippen LogP) is 4.82. The fraction of sp³-hybridized carbons (Fsp3) is 0.143. The molecule has 0 aliphatic heterocycles. The van der Waals surface area contributed by atoms with Crippen molar-refractivity contribution in [1.82, 2.24) is 0 Å². The van der Waals surface area contributed by atoms with Gasteiger partial charge in [-0.25, -0.2) is 4.39 Å². The molecule has 0 spiro atoms. The smallest absolute Gasteiger partial charge is 0.207 e. The first-order valence-corrected chi connectivity index (χ1v) is 5.32. The van der Waals surface area contributed by atoms with Crippen LogP contribution < -0.4 is 0 Å². The van der Waals surface area contributed by atoms with Crippen LogP contribution in [0, 0.1) is 12.7 Å². The first-order chi connectivity index (χ1) is 8.38. The average Bonchev–Trinajstić information content (AvgIpc) is 2.32. The molecule has 2 rings (SSSR count). The minimum absolute atomic E-state index is 0.351. The van der Waals surface area contributed by atoms with Crippen molar-refractivity contribution < 1.29 is 17.6 Å². The summed E-state index contributed by atoms with van der Waals surface area (Å²) in [4.78, 5) is 0. The average molecular weight is 254 g/mol. The highest BCUT2D eigenvalue weighted by atomic mass is 19.4. The molecule has 4 heteroatoms. The lowest BCUT2D eigenvalue weighted by atomic mass is 10.0. The molecule has 0 aromatic heterocycles. The van der Waals surface area contributed by atoms with Gasteiger partial charge in [0.1, 0.15) is 5.82 Å². The van der Waals surface area contributed by atoms with Crippen LogP contribution in [0.4, 0.5) is 17.6 Å². The van der Waals surface area contributed by atoms with E-state index >= 15 is 0 Å². The summed E-state index contributed by atoms with van der Waals surface area (Å²) in [7, 11) is 0. The van der Waals surface area contributed by atoms with E-state index in [0.717, 1.165) is 12.1 Å². The van der Waals surface area contributed by atoms with Crippen LogP contribution >= 0.6 is 0 Å². The molecular formula is C14H10F4. The van der Waals surface area contributed by atoms with E-state index in [4.69, 9.17) is 0 Å². The minimum Gasteiger partial charge on any atom is -0.207 e. The van der Waals surface area contributed by atoms with E-state index in [1.54, 1.807) is 19.1 Å². The number of alkyl halides is 3. The minimum atomic E-state index is -4.39. The van der Waals surface area contributed by atoms with Crippen molar-refractivity contribution in [2.45, 2.75) is 13.1 Å². The summed E-state index contributed by atoms with van der Waals surface area (Å²) in [5, 5.41) is 0. The van der Waals surface area contributed by atoms with Crippen LogP contribution in [0.25, 0.3) is 11.1 Å². The van der Waals surface area contributed by atoms with Crippen LogP contribution in [0.5, 0.6) is 0 Å². The van der Waals surface area contributed by atoms with Crippen molar-refractivity contribution in [3.05, 3.63) is 59.4 Å². The van der Waals surface area contributed by atoms with Crippen molar-refractivity contribution in [1.29, 1.82) is 0 Å². The lowest BCUT2D eigenvalue weighted by Gasteiger charge is -2.09. The molecule has 94 valence electrons. The van der Waals surface area contributed by atoms with Crippen molar-refractivity contribution in [2.24, 2.45) is 0 Å². The highest BCUT2D eigenvalue weighted by molar-refractivity contribution is 5.64. The Bertz CT molecular complexity index is 570. The van der Waals surface area contributed by atoms with Crippen molar-refractivity contribution >= 4 is 0 Å². The van der Waals surface area contributed by atoms with E-state index in [1.807, 2.05) is 0 Å². The van der Waals surface area contributed by atoms with E-state index in [2.05, 4.69) is 0 Å². The Balaban J connectivity index is 2.48. The molecule has 0 radical (unpaired) electrons. The number of hydrogen-bond donors (Lipinski definition) is 0. The van der Waals surface area contributed by atoms with Crippen LogP contribution in [0.3, 0.4) is 0 Å². The third-order valence-corrected chi connectivity index (χ3v) is 2.70. The van der Waals surface area contributed by atoms with E-state index in [-0.39, 0.29) is 0 Å². The fourth-order valence-corrected chi connectivity index (χ4v) is 1.65. The molecule has 0 aliphatic carbocycles. The van der Waals surface area contributed by atoms with Gasteiger partial charge in [-0.05, 0) is 41.8 Å². The zero-order chi connectivity index (χ0) is 13.3. The first kappa shape index (κ1) is 12.6. The summed E-state index contributed by atoms with van der Waals surface area (Å²) < 4.78 is 51.0. The molecule has 2 aromatic carbocycles. The molecule has 0 unspecified atom stereocenters. The van der Waals surface area contributed by atoms with E-state index in [9.17, 15) is 17.6 Å². The highest BCUT2D eigenvalue weighted by Crippen LogP contribution is 2.32. The van der Waals surface area contributed by atoms with E-state index < -0.39 is 17.6 Å². The van der Waals surface area contributed by atoms with Crippen molar-refractivity contribution in [2.75, 3.05) is 0 Å². The van der Waals surface area contributed by atoms with Crippen LogP contribution in [-0.2, 0) is 6.18 Å². The summed E-state index contributed by atoms with van der Waals surface area (Å²) in [6.07, 6.45) is -4.39. The molecule has 0 saturated carbocycles. The predicted molar refractivity (Wildman–Crippen MR) is 61.6 cm³/mol. The van der Waals surface area contributed by atoms with Crippen LogP contribution in [0.15, 0.2) is 42.5 Å². The summed E-state index contributed by atoms with van der Waals surface area (Å²) in [6.45, 7) is 1.60. The Morgan fingerprint density at radius 2 is 1.56 bits per heavy atom. The van der Waals surface area contributed by atoms with E-state index in [1.165, 1.54) is 18.2 Å². The largest absolute Gasteiger partial charge is 0.416 e. The molecule has 0 heterocycles. The molecule has 0 N–H and O–H groups in total. The molecule has 0 atom stereocenters. The van der Waals surface area contributed by atoms with E-state index in [0.29, 0.717) is 16.7 Å². The molecule has 0 bridgehead atoms. The number of benzene rings is 2. The van der Waals surface area contributed by atoms with Gasteiger partial charge in [0.05, 0.1) is 5.56 Å². The van der Waals surface area contributed by atoms with Gasteiger partial charge in [0, 0.05) is 0 Å². The fourth-order valence-electron chi connectivity index (χ4n) is 1.65. The SMILES string of the molecule is Cc1ccc(-c2cccc(C(F)(F)F)c2)cc1F. The number of halogens is 4. The lowest BCUT2D eigenvalue weighted by molar-refractivity contribution is -0.137. The van der Waals surface area contributed by atoms with Crippen molar-refractivity contribution in [3.63, 3.8) is 0 Å². The molecule has 0 aliphatic rings. The summed E-state index contributed by atoms with van der Waals surface area (Å²) in [6, 6.07) is 9.25. The zero-order valence-electron chi connectivity index (χ0n) is 9.55. The maximum atomic E-state index is 13.4. The second-order valence-corrected chi connectivity index (χ2v) is 4.04. The Labute approximate surface area is 102 Å². The standard InChI is InChI=1S/C14H10F4/c1-9-5-6-11(8-13(9)15)10-3-2-4-12(7-10)14(16,17)18/h2-8H,1H3. The van der Waals surface area contributed by atoms with Gasteiger partial charge in [-0.15, -0.1) is 0 Å². The molecule has 2 aromatic rings. The molecular weight excluding hydrogens is 244 g/mol. The molecule has 0 fully saturated rings. The van der Waals surface area contributed by atoms with Gasteiger partial charge in [0.15, 0.2) is 0 Å². The molecule has 0 nitrogen and oxygen atoms in total. The maximum absolute atomic E-state index is 13.4. The summed E-state index contributed by atoms with van der Waals surface area (Å²) in [5.74, 6) is -0.426. The topological polar surface area (TPSA) is 0 Å². The summed E-state index contributed by atoms with van der Waals surface area (Å²) in [5.41, 5.74) is 0.514. The number of rotatable bonds is 1. The Morgan fingerprint density at radius 1 is 0.889 bits per heavy atom. The third kappa shape index (κ3) is 2.53. The third-order valence-electron chi connectivity index (χ3n) is 2.70. The Kier molecular flexibility index (Phi) is 3.11. The number of aryl methyl sites for hydroxylation is 1. The molecule has 18 heavy (non-hydrogen) atoms. The quantitative estimate of drug-likeness (QED) is 0.640. The second kappa shape index (κ2) is 4.44. The van der Waals surface area contributed by atoms with Gasteiger partial charge in [-0.1, -0.05) is 24.3 Å². The first-order valence-electron chi connectivity index (χ1n) is 5.32. The van der Waals surface area contributed by atoms with Gasteiger partial charge >= 0.3 is 6.18 Å². The van der Waals surface area contributed by atoms with Gasteiger partial charge in [0.2, 0.25) is 0 Å². The van der Waals surface area contributed by atoms with Gasteiger partial charge in [-0.2, -0.15) is 13.2 Å². The Hall–Kier alpha value is -1.84. The second-order valence-electron chi connectivity index (χ2n) is 4.04.